The van der Waals surface area contributed by atoms with Gasteiger partial charge in [-0.05, 0) is 12.1 Å². The van der Waals surface area contributed by atoms with Crippen molar-refractivity contribution in [1.29, 1.82) is 0 Å². The molecule has 1 fully saturated rings. The van der Waals surface area contributed by atoms with Crippen molar-refractivity contribution in [1.82, 2.24) is 14.9 Å². The quantitative estimate of drug-likeness (QED) is 0.874. The van der Waals surface area contributed by atoms with Gasteiger partial charge in [-0.25, -0.2) is 13.8 Å². The summed E-state index contributed by atoms with van der Waals surface area (Å²) in [6, 6.07) is 5.52. The van der Waals surface area contributed by atoms with Crippen LogP contribution in [0.5, 0.6) is 0 Å². The third kappa shape index (κ3) is 3.07. The third-order valence-electron chi connectivity index (χ3n) is 3.30. The van der Waals surface area contributed by atoms with Crippen LogP contribution in [0.4, 0.5) is 8.78 Å². The molecule has 0 radical (unpaired) electrons. The number of nitrogens with zero attached hydrogens (tertiary/aromatic N) is 3. The molecule has 0 aliphatic carbocycles. The van der Waals surface area contributed by atoms with Crippen LogP contribution in [0.25, 0.3) is 10.7 Å². The number of thiazole rings is 1. The Hall–Kier alpha value is -1.89. The molecule has 7 heteroatoms. The van der Waals surface area contributed by atoms with E-state index in [9.17, 15) is 13.6 Å². The van der Waals surface area contributed by atoms with Gasteiger partial charge in [0.05, 0.1) is 30.9 Å². The molecule has 3 heterocycles. The molecule has 0 spiro atoms. The van der Waals surface area contributed by atoms with Gasteiger partial charge in [0.25, 0.3) is 0 Å². The molecule has 4 nitrogen and oxygen atoms in total. The van der Waals surface area contributed by atoms with E-state index in [0.29, 0.717) is 5.69 Å². The zero-order valence-electron chi connectivity index (χ0n) is 11.1. The van der Waals surface area contributed by atoms with E-state index < -0.39 is 12.3 Å². The lowest BCUT2D eigenvalue weighted by Gasteiger charge is -2.13. The third-order valence-corrected chi connectivity index (χ3v) is 4.22. The summed E-state index contributed by atoms with van der Waals surface area (Å²) in [6.07, 6.45) is -1.42. The number of carbonyl (C=O) groups is 1. The Balaban J connectivity index is 1.66. The number of pyridine rings is 1. The number of rotatable bonds is 3. The average molecular weight is 309 g/mol. The minimum atomic E-state index is -1.58. The molecule has 1 saturated heterocycles. The Bertz CT molecular complexity index is 624. The van der Waals surface area contributed by atoms with E-state index in [1.54, 1.807) is 11.6 Å². The Kier molecular flexibility index (Phi) is 3.92. The number of carbonyl (C=O) groups excluding carboxylic acids is 1. The summed E-state index contributed by atoms with van der Waals surface area (Å²) >= 11 is 1.40. The maximum Gasteiger partial charge on any atom is 0.228 e. The summed E-state index contributed by atoms with van der Waals surface area (Å²) < 4.78 is 26.2. The first kappa shape index (κ1) is 14.1. The van der Waals surface area contributed by atoms with Crippen LogP contribution < -0.4 is 0 Å². The van der Waals surface area contributed by atoms with Crippen LogP contribution in [0.2, 0.25) is 0 Å². The fourth-order valence-electron chi connectivity index (χ4n) is 2.19. The molecular formula is C14H13F2N3OS. The first-order valence-corrected chi connectivity index (χ1v) is 7.43. The van der Waals surface area contributed by atoms with E-state index in [2.05, 4.69) is 9.97 Å². The molecule has 2 atom stereocenters. The number of hydrogen-bond donors (Lipinski definition) is 0. The van der Waals surface area contributed by atoms with Crippen molar-refractivity contribution in [2.45, 2.75) is 18.8 Å². The zero-order chi connectivity index (χ0) is 14.8. The summed E-state index contributed by atoms with van der Waals surface area (Å²) in [7, 11) is 0. The number of alkyl halides is 2. The topological polar surface area (TPSA) is 46.1 Å². The number of likely N-dealkylation sites (tertiary alicyclic amines) is 1. The van der Waals surface area contributed by atoms with Gasteiger partial charge in [-0.3, -0.25) is 9.78 Å². The Morgan fingerprint density at radius 3 is 2.76 bits per heavy atom. The maximum absolute atomic E-state index is 13.1. The minimum absolute atomic E-state index is 0.0583. The fourth-order valence-corrected chi connectivity index (χ4v) is 2.98. The monoisotopic (exact) mass is 309 g/mol. The van der Waals surface area contributed by atoms with Crippen molar-refractivity contribution in [2.75, 3.05) is 13.1 Å². The molecule has 3 rings (SSSR count). The van der Waals surface area contributed by atoms with Crippen LogP contribution in [0.15, 0.2) is 29.8 Å². The van der Waals surface area contributed by atoms with Crippen LogP contribution in [-0.2, 0) is 11.2 Å². The van der Waals surface area contributed by atoms with Crippen LogP contribution >= 0.6 is 11.3 Å². The van der Waals surface area contributed by atoms with E-state index in [1.807, 2.05) is 18.2 Å². The fraction of sp³-hybridized carbons (Fsp3) is 0.357. The number of aromatic nitrogens is 2. The van der Waals surface area contributed by atoms with Gasteiger partial charge < -0.3 is 4.90 Å². The zero-order valence-corrected chi connectivity index (χ0v) is 11.9. The standard InChI is InChI=1S/C14H13F2N3OS/c15-10-6-19(7-11(10)16)13(20)5-9-8-21-14(18-9)12-3-1-2-4-17-12/h1-4,8,10-11H,5-7H2/t10-,11+. The van der Waals surface area contributed by atoms with Gasteiger partial charge in [-0.1, -0.05) is 6.07 Å². The maximum atomic E-state index is 13.1. The van der Waals surface area contributed by atoms with Crippen molar-refractivity contribution in [3.63, 3.8) is 0 Å². The molecule has 2 aromatic rings. The van der Waals surface area contributed by atoms with Gasteiger partial charge in [0.1, 0.15) is 5.01 Å². The molecule has 110 valence electrons. The second kappa shape index (κ2) is 5.85. The largest absolute Gasteiger partial charge is 0.336 e. The highest BCUT2D eigenvalue weighted by Gasteiger charge is 2.35. The van der Waals surface area contributed by atoms with E-state index in [4.69, 9.17) is 0 Å². The molecule has 0 aromatic carbocycles. The molecule has 0 unspecified atom stereocenters. The summed E-state index contributed by atoms with van der Waals surface area (Å²) in [5.74, 6) is -0.296. The highest BCUT2D eigenvalue weighted by atomic mass is 32.1. The van der Waals surface area contributed by atoms with E-state index in [1.165, 1.54) is 16.2 Å². The normalized spacial score (nSPS) is 21.7. The molecular weight excluding hydrogens is 296 g/mol. The van der Waals surface area contributed by atoms with Gasteiger partial charge in [0.15, 0.2) is 12.3 Å². The predicted molar refractivity (Wildman–Crippen MR) is 75.4 cm³/mol. The van der Waals surface area contributed by atoms with Gasteiger partial charge in [-0.2, -0.15) is 0 Å². The lowest BCUT2D eigenvalue weighted by molar-refractivity contribution is -0.129. The highest BCUT2D eigenvalue weighted by molar-refractivity contribution is 7.13. The molecule has 0 saturated carbocycles. The van der Waals surface area contributed by atoms with E-state index in [-0.39, 0.29) is 25.4 Å². The first-order chi connectivity index (χ1) is 10.1. The molecule has 1 aliphatic heterocycles. The molecule has 2 aromatic heterocycles. The van der Waals surface area contributed by atoms with Crippen LogP contribution in [0, 0.1) is 0 Å². The Labute approximate surface area is 124 Å². The molecule has 0 N–H and O–H groups in total. The summed E-state index contributed by atoms with van der Waals surface area (Å²) in [5.41, 5.74) is 1.35. The lowest BCUT2D eigenvalue weighted by atomic mass is 10.3. The van der Waals surface area contributed by atoms with E-state index in [0.717, 1.165) is 10.7 Å². The second-order valence-electron chi connectivity index (χ2n) is 4.87. The van der Waals surface area contributed by atoms with E-state index >= 15 is 0 Å². The number of hydrogen-bond acceptors (Lipinski definition) is 4. The van der Waals surface area contributed by atoms with Crippen LogP contribution in [0.3, 0.4) is 0 Å². The summed E-state index contributed by atoms with van der Waals surface area (Å²) in [4.78, 5) is 21.8. The van der Waals surface area contributed by atoms with Gasteiger partial charge in [-0.15, -0.1) is 11.3 Å². The Morgan fingerprint density at radius 2 is 2.10 bits per heavy atom. The Morgan fingerprint density at radius 1 is 1.33 bits per heavy atom. The van der Waals surface area contributed by atoms with Crippen molar-refractivity contribution < 1.29 is 13.6 Å². The first-order valence-electron chi connectivity index (χ1n) is 6.55. The number of amides is 1. The highest BCUT2D eigenvalue weighted by Crippen LogP contribution is 2.23. The SMILES string of the molecule is O=C(Cc1csc(-c2ccccn2)n1)N1C[C@@H](F)[C@@H](F)C1. The molecule has 1 amide bonds. The average Bonchev–Trinajstić information content (AvgIpc) is 3.08. The molecule has 21 heavy (non-hydrogen) atoms. The van der Waals surface area contributed by atoms with Crippen molar-refractivity contribution in [3.8, 4) is 10.7 Å². The second-order valence-corrected chi connectivity index (χ2v) is 5.72. The summed E-state index contributed by atoms with van der Waals surface area (Å²) in [6.45, 7) is -0.339. The van der Waals surface area contributed by atoms with Gasteiger partial charge >= 0.3 is 0 Å². The van der Waals surface area contributed by atoms with Crippen LogP contribution in [-0.4, -0.2) is 46.2 Å². The molecule has 0 bridgehead atoms. The van der Waals surface area contributed by atoms with Crippen LogP contribution in [0.1, 0.15) is 5.69 Å². The van der Waals surface area contributed by atoms with Crippen molar-refractivity contribution in [2.24, 2.45) is 0 Å². The smallest absolute Gasteiger partial charge is 0.228 e. The van der Waals surface area contributed by atoms with Gasteiger partial charge in [0, 0.05) is 11.6 Å². The van der Waals surface area contributed by atoms with Gasteiger partial charge in [0.2, 0.25) is 5.91 Å². The van der Waals surface area contributed by atoms with Crippen molar-refractivity contribution in [3.05, 3.63) is 35.5 Å². The molecule has 1 aliphatic rings. The minimum Gasteiger partial charge on any atom is -0.336 e. The number of halogens is 2. The summed E-state index contributed by atoms with van der Waals surface area (Å²) in [5, 5.41) is 2.50. The van der Waals surface area contributed by atoms with Crippen molar-refractivity contribution >= 4 is 17.2 Å². The lowest BCUT2D eigenvalue weighted by Crippen LogP contribution is -2.30. The predicted octanol–water partition coefficient (Wildman–Crippen LogP) is 2.27.